The summed E-state index contributed by atoms with van der Waals surface area (Å²) in [6.45, 7) is 0.697. The number of unbranched alkanes of at least 4 members (excludes halogenated alkanes) is 1. The molecule has 46 nitrogen and oxygen atoms in total. The molecule has 2 aliphatic heterocycles. The van der Waals surface area contributed by atoms with Gasteiger partial charge in [-0.1, -0.05) is 50.6 Å². The number of benzene rings is 1. The summed E-state index contributed by atoms with van der Waals surface area (Å²) in [5.41, 5.74) is 23.0. The molecule has 0 unspecified atom stereocenters. The van der Waals surface area contributed by atoms with E-state index in [2.05, 4.69) is 63.8 Å². The second-order valence-corrected chi connectivity index (χ2v) is 27.7. The van der Waals surface area contributed by atoms with Crippen molar-refractivity contribution in [3.8, 4) is 0 Å². The van der Waals surface area contributed by atoms with Crippen molar-refractivity contribution < 1.29 is 137 Å². The fraction of sp³-hybridized carbons (Fsp3) is 0.657. The number of aliphatic hydroxyl groups excluding tert-OH is 5. The highest BCUT2D eigenvalue weighted by atomic mass is 16.7. The fourth-order valence-electron chi connectivity index (χ4n) is 11.8. The van der Waals surface area contributed by atoms with E-state index in [0.29, 0.717) is 18.4 Å². The van der Waals surface area contributed by atoms with Gasteiger partial charge < -0.3 is 147 Å². The second-order valence-electron chi connectivity index (χ2n) is 27.7. The van der Waals surface area contributed by atoms with E-state index in [1.165, 1.54) is 6.92 Å². The summed E-state index contributed by atoms with van der Waals surface area (Å²) in [6, 6.07) is -7.36. The third-order valence-electron chi connectivity index (χ3n) is 18.6. The molecule has 0 aliphatic carbocycles. The Kier molecular flexibility index (Phi) is 44.0. The lowest BCUT2D eigenvalue weighted by Gasteiger charge is -2.40. The van der Waals surface area contributed by atoms with Crippen molar-refractivity contribution in [1.82, 2.24) is 74.0 Å². The van der Waals surface area contributed by atoms with Crippen LogP contribution in [0.3, 0.4) is 0 Å². The lowest BCUT2D eigenvalue weighted by molar-refractivity contribution is -0.310. The van der Waals surface area contributed by atoms with Crippen molar-refractivity contribution in [3.63, 3.8) is 0 Å². The molecule has 2 saturated heterocycles. The van der Waals surface area contributed by atoms with E-state index in [-0.39, 0.29) is 51.6 Å². The minimum absolute atomic E-state index is 0.0298. The average molecular weight is 1650 g/mol. The van der Waals surface area contributed by atoms with Gasteiger partial charge in [-0.25, -0.2) is 4.79 Å². The zero-order chi connectivity index (χ0) is 87.1. The van der Waals surface area contributed by atoms with Crippen LogP contribution in [0, 0.1) is 5.92 Å². The minimum Gasteiger partial charge on any atom is -0.481 e. The number of carbonyl (C=O) groups excluding carboxylic acids is 15. The Morgan fingerprint density at radius 2 is 1.03 bits per heavy atom. The molecule has 1 aromatic carbocycles. The van der Waals surface area contributed by atoms with E-state index in [1.807, 2.05) is 5.32 Å². The summed E-state index contributed by atoms with van der Waals surface area (Å²) < 4.78 is 11.3. The number of aliphatic carboxylic acids is 3. The van der Waals surface area contributed by atoms with Gasteiger partial charge in [-0.05, 0) is 96.1 Å². The van der Waals surface area contributed by atoms with Gasteiger partial charge in [0.1, 0.15) is 78.8 Å². The second kappa shape index (κ2) is 51.3. The van der Waals surface area contributed by atoms with Crippen molar-refractivity contribution >= 4 is 107 Å². The van der Waals surface area contributed by atoms with Gasteiger partial charge in [-0.3, -0.25) is 81.5 Å². The SMILES string of the molecule is CC[C@H](C)[C@H](NC(=O)CN)C(=O)N[C@@H](C)C(=O)NCC(=O)N[C@@H](Cc1ccccc1)C(=O)N[C@@H](CC[C@H](CN)O[C@@H]1O[C@H](CO)[C@H](O)[C@H](O)[C@H]1O)C(=O)NCC(=O)N[C@@H](CCC(=O)O)C(=O)N[C@@H](CCC(N)=O)C(=O)NCC(=O)N1CCC[C@H]1C(=O)N[C@@H](CCCCN)C(=O)NCC(=O)N[C@@H](CCC(=O)O)C(=O)N[C@H](C(=O)O)[C@@H](C)O. The number of rotatable bonds is 53. The van der Waals surface area contributed by atoms with Gasteiger partial charge in [0.25, 0.3) is 0 Å². The van der Waals surface area contributed by atoms with Crippen LogP contribution in [-0.4, -0.2) is 315 Å². The molecule has 15 amide bonds. The molecular weight excluding hydrogens is 1540 g/mol. The molecular formula is C70H112N18O28. The maximum Gasteiger partial charge on any atom is 0.328 e. The number of aliphatic hydroxyl groups is 5. The standard InChI is InChI=1S/C70H112N18O28/c1-5-34(2)55(86-48(92)28-73)68(112)79-35(3)60(104)75-29-51(95)82-44(26-37-12-7-6-8-13-37)66(110)84-40(17-16-38(27-72)115-70-59(103)58(102)57(101)46(33-89)116-70)62(106)77-31-49(93)80-42(19-22-53(97)98)64(108)83-41(18-21-47(74)91)63(107)78-32-52(96)88-25-11-15-45(88)67(111)85-39(14-9-10-24-71)61(105)76-30-50(94)81-43(20-23-54(99)100)65(109)87-56(36(4)90)69(113)114/h6-8,12-13,34-36,38-46,55-59,70,89-90,101-103H,5,9-11,14-33,71-73H2,1-4H3,(H2,74,91)(H,75,104)(H,76,105)(H,77,106)(H,78,107)(H,79,112)(H,80,93)(H,81,94)(H,82,95)(H,83,108)(H,84,110)(H,85,111)(H,86,92)(H,87,109)(H,97,98)(H,99,100)(H,113,114)/t34-,35-,36+,38+,39-,40-,41-,42-,43-,44-,45-,46+,55-,56-,57-,58-,59+,70+/m0/s1. The molecule has 2 aliphatic rings. The summed E-state index contributed by atoms with van der Waals surface area (Å²) in [6.07, 6.45) is -15.3. The number of nitrogens with zero attached hydrogens (tertiary/aromatic N) is 1. The molecule has 0 spiro atoms. The molecule has 2 heterocycles. The van der Waals surface area contributed by atoms with Crippen LogP contribution in [0.5, 0.6) is 0 Å². The summed E-state index contributed by atoms with van der Waals surface area (Å²) in [5.74, 6) is -19.8. The van der Waals surface area contributed by atoms with Crippen molar-refractivity contribution in [3.05, 3.63) is 35.9 Å². The number of carboxylic acid groups (broad SMARTS) is 3. The quantitative estimate of drug-likeness (QED) is 0.0269. The summed E-state index contributed by atoms with van der Waals surface area (Å²) in [5, 5.41) is 110. The van der Waals surface area contributed by atoms with Crippen LogP contribution in [0.2, 0.25) is 0 Å². The zero-order valence-electron chi connectivity index (χ0n) is 64.7. The van der Waals surface area contributed by atoms with E-state index in [0.717, 1.165) is 11.8 Å². The normalized spacial score (nSPS) is 19.5. The number of carboxylic acids is 3. The summed E-state index contributed by atoms with van der Waals surface area (Å²) in [4.78, 5) is 239. The lowest BCUT2D eigenvalue weighted by atomic mass is 9.98. The topological polar surface area (TPSA) is 751 Å². The van der Waals surface area contributed by atoms with Gasteiger partial charge in [0.05, 0.1) is 51.5 Å². The van der Waals surface area contributed by atoms with Crippen molar-refractivity contribution in [2.24, 2.45) is 28.9 Å². The number of hydrogen-bond acceptors (Lipinski definition) is 28. The van der Waals surface area contributed by atoms with Crippen LogP contribution >= 0.6 is 0 Å². The molecule has 3 rings (SSSR count). The highest BCUT2D eigenvalue weighted by Crippen LogP contribution is 2.25. The Balaban J connectivity index is 1.85. The smallest absolute Gasteiger partial charge is 0.328 e. The highest BCUT2D eigenvalue weighted by molar-refractivity contribution is 5.99. The molecule has 18 atom stereocenters. The number of nitrogens with one attached hydrogen (secondary N) is 13. The maximum absolute atomic E-state index is 14.5. The Labute approximate surface area is 666 Å². The van der Waals surface area contributed by atoms with Crippen LogP contribution in [0.15, 0.2) is 30.3 Å². The first kappa shape index (κ1) is 99.5. The zero-order valence-corrected chi connectivity index (χ0v) is 64.7. The number of ether oxygens (including phenoxy) is 2. The van der Waals surface area contributed by atoms with Gasteiger partial charge >= 0.3 is 17.9 Å². The lowest BCUT2D eigenvalue weighted by Crippen LogP contribution is -2.60. The van der Waals surface area contributed by atoms with E-state index in [9.17, 15) is 127 Å². The van der Waals surface area contributed by atoms with Crippen LogP contribution in [0.25, 0.3) is 0 Å². The third-order valence-corrected chi connectivity index (χ3v) is 18.6. The van der Waals surface area contributed by atoms with E-state index >= 15 is 0 Å². The Hall–Kier alpha value is -10.7. The maximum atomic E-state index is 14.5. The van der Waals surface area contributed by atoms with Crippen molar-refractivity contribution in [2.75, 3.05) is 59.0 Å². The van der Waals surface area contributed by atoms with Gasteiger partial charge in [0.15, 0.2) is 12.3 Å². The Morgan fingerprint density at radius 1 is 0.534 bits per heavy atom. The predicted octanol–water partition coefficient (Wildman–Crippen LogP) is -11.4. The molecule has 46 heteroatoms. The number of likely N-dealkylation sites (tertiary alicyclic amines) is 1. The van der Waals surface area contributed by atoms with E-state index in [1.54, 1.807) is 44.2 Å². The van der Waals surface area contributed by atoms with Crippen LogP contribution in [0.1, 0.15) is 123 Å². The molecule has 1 aromatic rings. The number of primary amides is 1. The predicted molar refractivity (Wildman–Crippen MR) is 400 cm³/mol. The molecule has 0 aromatic heterocycles. The molecule has 0 saturated carbocycles. The first-order chi connectivity index (χ1) is 54.8. The van der Waals surface area contributed by atoms with E-state index < -0.39 is 307 Å². The third kappa shape index (κ3) is 34.8. The Morgan fingerprint density at radius 3 is 1.53 bits per heavy atom. The first-order valence-electron chi connectivity index (χ1n) is 37.6. The van der Waals surface area contributed by atoms with Gasteiger partial charge in [-0.15, -0.1) is 0 Å². The van der Waals surface area contributed by atoms with Crippen molar-refractivity contribution in [1.29, 1.82) is 0 Å². The molecule has 2 fully saturated rings. The molecule has 650 valence electrons. The number of hydrogen-bond donors (Lipinski definition) is 25. The van der Waals surface area contributed by atoms with Gasteiger partial charge in [0.2, 0.25) is 88.6 Å². The fourth-order valence-corrected chi connectivity index (χ4v) is 11.8. The molecule has 0 bridgehead atoms. The van der Waals surface area contributed by atoms with E-state index in [4.69, 9.17) is 32.4 Å². The van der Waals surface area contributed by atoms with Crippen LogP contribution in [-0.2, 0) is 102 Å². The van der Waals surface area contributed by atoms with Crippen molar-refractivity contribution in [2.45, 2.75) is 227 Å². The largest absolute Gasteiger partial charge is 0.481 e. The first-order valence-corrected chi connectivity index (χ1v) is 37.6. The molecule has 29 N–H and O–H groups in total. The number of carbonyl (C=O) groups is 18. The summed E-state index contributed by atoms with van der Waals surface area (Å²) >= 11 is 0. The number of nitrogens with two attached hydrogens (primary N) is 4. The Bertz CT molecular complexity index is 3530. The molecule has 0 radical (unpaired) electrons. The molecule has 116 heavy (non-hydrogen) atoms. The van der Waals surface area contributed by atoms with Gasteiger partial charge in [0, 0.05) is 38.8 Å². The average Bonchev–Trinajstić information content (AvgIpc) is 1.22. The van der Waals surface area contributed by atoms with Crippen LogP contribution in [0.4, 0.5) is 0 Å². The van der Waals surface area contributed by atoms with Gasteiger partial charge in [-0.2, -0.15) is 0 Å². The highest BCUT2D eigenvalue weighted by Gasteiger charge is 2.46. The minimum atomic E-state index is -1.91. The van der Waals surface area contributed by atoms with Crippen LogP contribution < -0.4 is 92.1 Å². The number of amides is 15. The summed E-state index contributed by atoms with van der Waals surface area (Å²) in [7, 11) is 0. The monoisotopic (exact) mass is 1650 g/mol.